The molecule has 1 radical (unpaired) electrons. The summed E-state index contributed by atoms with van der Waals surface area (Å²) in [5.41, 5.74) is 0.610. The Morgan fingerprint density at radius 3 is 2.42 bits per heavy atom. The lowest BCUT2D eigenvalue weighted by molar-refractivity contribution is -0.136. The maximum Gasteiger partial charge on any atom is 0.418 e. The molecular formula is C14H12F3N2. The molecule has 0 saturated heterocycles. The molecule has 0 bridgehead atoms. The smallest absolute Gasteiger partial charge is 0.354 e. The fourth-order valence-electron chi connectivity index (χ4n) is 1.64. The molecule has 1 aromatic carbocycles. The lowest BCUT2D eigenvalue weighted by Crippen LogP contribution is -2.08. The number of aromatic nitrogens is 1. The number of alkyl halides is 3. The molecule has 2 aromatic rings. The van der Waals surface area contributed by atoms with E-state index in [2.05, 4.69) is 17.2 Å². The highest BCUT2D eigenvalue weighted by Crippen LogP contribution is 2.35. The number of benzene rings is 1. The van der Waals surface area contributed by atoms with Gasteiger partial charge in [0.25, 0.3) is 0 Å². The molecular weight excluding hydrogens is 253 g/mol. The summed E-state index contributed by atoms with van der Waals surface area (Å²) in [6.45, 7) is 3.68. The van der Waals surface area contributed by atoms with Crippen molar-refractivity contribution < 1.29 is 13.2 Å². The van der Waals surface area contributed by atoms with Gasteiger partial charge in [0.15, 0.2) is 0 Å². The minimum Gasteiger partial charge on any atom is -0.354 e. The van der Waals surface area contributed by atoms with E-state index in [4.69, 9.17) is 0 Å². The highest BCUT2D eigenvalue weighted by Gasteiger charge is 2.33. The minimum absolute atomic E-state index is 0.0131. The quantitative estimate of drug-likeness (QED) is 0.898. The molecule has 1 N–H and O–H groups in total. The van der Waals surface area contributed by atoms with Crippen LogP contribution >= 0.6 is 0 Å². The third-order valence-electron chi connectivity index (χ3n) is 2.59. The van der Waals surface area contributed by atoms with Crippen LogP contribution in [0.5, 0.6) is 0 Å². The molecule has 0 saturated carbocycles. The molecule has 1 aromatic heterocycles. The van der Waals surface area contributed by atoms with Crippen LogP contribution in [-0.2, 0) is 12.6 Å². The van der Waals surface area contributed by atoms with E-state index >= 15 is 0 Å². The monoisotopic (exact) mass is 265 g/mol. The number of halogens is 3. The van der Waals surface area contributed by atoms with Crippen LogP contribution in [0.3, 0.4) is 0 Å². The number of anilines is 2. The molecule has 2 nitrogen and oxygen atoms in total. The molecule has 2 rings (SSSR count). The van der Waals surface area contributed by atoms with E-state index in [9.17, 15) is 13.2 Å². The Morgan fingerprint density at radius 1 is 1.11 bits per heavy atom. The van der Waals surface area contributed by atoms with Crippen LogP contribution in [0.2, 0.25) is 0 Å². The van der Waals surface area contributed by atoms with Crippen molar-refractivity contribution in [1.82, 2.24) is 4.98 Å². The van der Waals surface area contributed by atoms with E-state index in [1.54, 1.807) is 18.2 Å². The van der Waals surface area contributed by atoms with Gasteiger partial charge in [0.1, 0.15) is 0 Å². The van der Waals surface area contributed by atoms with E-state index < -0.39 is 11.7 Å². The fourth-order valence-corrected chi connectivity index (χ4v) is 1.64. The largest absolute Gasteiger partial charge is 0.418 e. The van der Waals surface area contributed by atoms with Crippen molar-refractivity contribution in [2.24, 2.45) is 0 Å². The summed E-state index contributed by atoms with van der Waals surface area (Å²) in [4.78, 5) is 4.08. The molecule has 0 aliphatic carbocycles. The molecule has 0 amide bonds. The van der Waals surface area contributed by atoms with Crippen LogP contribution < -0.4 is 5.32 Å². The zero-order valence-electron chi connectivity index (χ0n) is 10.0. The van der Waals surface area contributed by atoms with E-state index in [1.807, 2.05) is 0 Å². The highest BCUT2D eigenvalue weighted by molar-refractivity contribution is 5.63. The predicted molar refractivity (Wildman–Crippen MR) is 68.0 cm³/mol. The number of para-hydroxylation sites is 1. The van der Waals surface area contributed by atoms with E-state index in [-0.39, 0.29) is 5.69 Å². The Balaban J connectivity index is 2.28. The summed E-state index contributed by atoms with van der Waals surface area (Å²) < 4.78 is 38.4. The lowest BCUT2D eigenvalue weighted by atomic mass is 10.1. The molecule has 5 heteroatoms. The maximum absolute atomic E-state index is 12.8. The fraction of sp³-hybridized carbons (Fsp3) is 0.143. The highest BCUT2D eigenvalue weighted by atomic mass is 19.4. The first-order chi connectivity index (χ1) is 9.00. The van der Waals surface area contributed by atoms with Crippen LogP contribution in [0.4, 0.5) is 24.5 Å². The molecule has 0 spiro atoms. The average Bonchev–Trinajstić information content (AvgIpc) is 2.39. The Kier molecular flexibility index (Phi) is 3.74. The van der Waals surface area contributed by atoms with Gasteiger partial charge in [-0.15, -0.1) is 0 Å². The Morgan fingerprint density at radius 2 is 1.84 bits per heavy atom. The number of rotatable bonds is 3. The molecule has 0 fully saturated rings. The number of nitrogens with one attached hydrogen (secondary N) is 1. The molecule has 1 heterocycles. The van der Waals surface area contributed by atoms with Gasteiger partial charge in [0, 0.05) is 5.69 Å². The number of hydrogen-bond donors (Lipinski definition) is 1. The normalized spacial score (nSPS) is 11.4. The van der Waals surface area contributed by atoms with Gasteiger partial charge < -0.3 is 5.32 Å². The number of nitrogens with zero attached hydrogens (tertiary/aromatic N) is 1. The second-order valence-electron chi connectivity index (χ2n) is 3.96. The standard InChI is InChI=1S/C14H12F3N2/c1-2-10-7-8-11(9-18-10)19-13-6-4-3-5-12(13)14(15,16)17/h3-9,19H,1-2H2. The first kappa shape index (κ1) is 13.4. The number of pyridine rings is 1. The predicted octanol–water partition coefficient (Wildman–Crippen LogP) is 4.22. The lowest BCUT2D eigenvalue weighted by Gasteiger charge is -2.14. The summed E-state index contributed by atoms with van der Waals surface area (Å²) >= 11 is 0. The zero-order valence-corrected chi connectivity index (χ0v) is 10.0. The summed E-state index contributed by atoms with van der Waals surface area (Å²) in [7, 11) is 0. The van der Waals surface area contributed by atoms with Gasteiger partial charge in [-0.3, -0.25) is 4.98 Å². The van der Waals surface area contributed by atoms with Crippen molar-refractivity contribution >= 4 is 11.4 Å². The maximum atomic E-state index is 12.8. The van der Waals surface area contributed by atoms with E-state index in [0.717, 1.165) is 11.8 Å². The number of hydrogen-bond acceptors (Lipinski definition) is 2. The van der Waals surface area contributed by atoms with Crippen LogP contribution in [0.15, 0.2) is 42.6 Å². The van der Waals surface area contributed by atoms with Crippen molar-refractivity contribution in [2.45, 2.75) is 12.6 Å². The zero-order chi connectivity index (χ0) is 13.9. The van der Waals surface area contributed by atoms with E-state index in [1.165, 1.54) is 18.3 Å². The molecule has 0 aliphatic heterocycles. The third-order valence-corrected chi connectivity index (χ3v) is 2.59. The Labute approximate surface area is 109 Å². The van der Waals surface area contributed by atoms with Gasteiger partial charge in [-0.2, -0.15) is 13.2 Å². The SMILES string of the molecule is [CH2]Cc1ccc(Nc2ccccc2C(F)(F)F)cn1. The minimum atomic E-state index is -4.38. The van der Waals surface area contributed by atoms with Crippen molar-refractivity contribution in [3.05, 3.63) is 60.8 Å². The van der Waals surface area contributed by atoms with Gasteiger partial charge >= 0.3 is 6.18 Å². The van der Waals surface area contributed by atoms with Gasteiger partial charge in [0.05, 0.1) is 23.1 Å². The molecule has 0 unspecified atom stereocenters. The van der Waals surface area contributed by atoms with Crippen LogP contribution in [0.1, 0.15) is 11.3 Å². The van der Waals surface area contributed by atoms with Gasteiger partial charge in [-0.1, -0.05) is 12.1 Å². The third kappa shape index (κ3) is 3.24. The van der Waals surface area contributed by atoms with Gasteiger partial charge in [-0.25, -0.2) is 0 Å². The van der Waals surface area contributed by atoms with E-state index in [0.29, 0.717) is 12.1 Å². The van der Waals surface area contributed by atoms with Crippen LogP contribution in [-0.4, -0.2) is 4.98 Å². The summed E-state index contributed by atoms with van der Waals surface area (Å²) in [6, 6.07) is 8.75. The first-order valence-corrected chi connectivity index (χ1v) is 5.68. The topological polar surface area (TPSA) is 24.9 Å². The van der Waals surface area contributed by atoms with Crippen molar-refractivity contribution in [1.29, 1.82) is 0 Å². The molecule has 0 atom stereocenters. The molecule has 19 heavy (non-hydrogen) atoms. The Hall–Kier alpha value is -2.04. The van der Waals surface area contributed by atoms with Crippen LogP contribution in [0.25, 0.3) is 0 Å². The molecule has 99 valence electrons. The summed E-state index contributed by atoms with van der Waals surface area (Å²) in [5.74, 6) is 0. The van der Waals surface area contributed by atoms with Gasteiger partial charge in [0.2, 0.25) is 0 Å². The average molecular weight is 265 g/mol. The first-order valence-electron chi connectivity index (χ1n) is 5.68. The van der Waals surface area contributed by atoms with Crippen LogP contribution in [0, 0.1) is 6.92 Å². The van der Waals surface area contributed by atoms with Crippen molar-refractivity contribution in [3.63, 3.8) is 0 Å². The second kappa shape index (κ2) is 5.30. The Bertz CT molecular complexity index is 547. The summed E-state index contributed by atoms with van der Waals surface area (Å²) in [5, 5.41) is 2.73. The summed E-state index contributed by atoms with van der Waals surface area (Å²) in [6.07, 6.45) is -2.35. The molecule has 0 aliphatic rings. The van der Waals surface area contributed by atoms with Crippen molar-refractivity contribution in [3.8, 4) is 0 Å². The van der Waals surface area contributed by atoms with Crippen molar-refractivity contribution in [2.75, 3.05) is 5.32 Å². The second-order valence-corrected chi connectivity index (χ2v) is 3.96. The van der Waals surface area contributed by atoms with Gasteiger partial charge in [-0.05, 0) is 37.6 Å².